The van der Waals surface area contributed by atoms with Gasteiger partial charge in [0.15, 0.2) is 0 Å². The molecule has 0 unspecified atom stereocenters. The number of hydrogen-bond acceptors (Lipinski definition) is 3. The maximum Gasteiger partial charge on any atom is 0.146 e. The van der Waals surface area contributed by atoms with E-state index in [1.807, 2.05) is 16.8 Å². The predicted octanol–water partition coefficient (Wildman–Crippen LogP) is 2.53. The van der Waals surface area contributed by atoms with Crippen molar-refractivity contribution in [2.24, 2.45) is 0 Å². The van der Waals surface area contributed by atoms with E-state index in [0.29, 0.717) is 0 Å². The number of nitrogens with zero attached hydrogens (tertiary/aromatic N) is 3. The summed E-state index contributed by atoms with van der Waals surface area (Å²) in [4.78, 5) is 8.85. The van der Waals surface area contributed by atoms with Crippen molar-refractivity contribution < 1.29 is 0 Å². The molecule has 4 heteroatoms. The maximum atomic E-state index is 4.74. The standard InChI is InChI=1S/C15H16N4/c1-2-16-10-13-9-12-5-3-4-6-14(12)15(18-13)19-8-7-17-11-19/h3-9,11,16H,2,10H2,1H3. The third-order valence-electron chi connectivity index (χ3n) is 3.08. The van der Waals surface area contributed by atoms with Gasteiger partial charge in [-0.1, -0.05) is 31.2 Å². The van der Waals surface area contributed by atoms with E-state index in [1.54, 1.807) is 12.5 Å². The summed E-state index contributed by atoms with van der Waals surface area (Å²) in [6.45, 7) is 3.82. The molecule has 4 nitrogen and oxygen atoms in total. The summed E-state index contributed by atoms with van der Waals surface area (Å²) in [6, 6.07) is 10.4. The van der Waals surface area contributed by atoms with E-state index < -0.39 is 0 Å². The highest BCUT2D eigenvalue weighted by atomic mass is 15.1. The summed E-state index contributed by atoms with van der Waals surface area (Å²) in [5, 5.41) is 5.66. The van der Waals surface area contributed by atoms with Crippen LogP contribution in [0.2, 0.25) is 0 Å². The molecule has 19 heavy (non-hydrogen) atoms. The Labute approximate surface area is 112 Å². The first kappa shape index (κ1) is 11.9. The van der Waals surface area contributed by atoms with E-state index in [2.05, 4.69) is 41.5 Å². The monoisotopic (exact) mass is 252 g/mol. The average Bonchev–Trinajstić information content (AvgIpc) is 2.98. The molecule has 0 aliphatic rings. The van der Waals surface area contributed by atoms with Crippen LogP contribution in [-0.2, 0) is 6.54 Å². The van der Waals surface area contributed by atoms with E-state index in [4.69, 9.17) is 4.98 Å². The van der Waals surface area contributed by atoms with Crippen LogP contribution >= 0.6 is 0 Å². The minimum Gasteiger partial charge on any atom is -0.311 e. The number of rotatable bonds is 4. The smallest absolute Gasteiger partial charge is 0.146 e. The van der Waals surface area contributed by atoms with Gasteiger partial charge >= 0.3 is 0 Å². The van der Waals surface area contributed by atoms with Crippen LogP contribution in [0.15, 0.2) is 49.1 Å². The molecule has 0 atom stereocenters. The molecular formula is C15H16N4. The lowest BCUT2D eigenvalue weighted by Crippen LogP contribution is -2.13. The summed E-state index contributed by atoms with van der Waals surface area (Å²) < 4.78 is 1.96. The molecule has 2 heterocycles. The Morgan fingerprint density at radius 2 is 2.16 bits per heavy atom. The van der Waals surface area contributed by atoms with Crippen LogP contribution in [0.5, 0.6) is 0 Å². The second kappa shape index (κ2) is 5.20. The van der Waals surface area contributed by atoms with Crippen molar-refractivity contribution in [2.45, 2.75) is 13.5 Å². The highest BCUT2D eigenvalue weighted by Gasteiger charge is 2.07. The zero-order valence-corrected chi connectivity index (χ0v) is 10.9. The first-order valence-corrected chi connectivity index (χ1v) is 6.46. The summed E-state index contributed by atoms with van der Waals surface area (Å²) >= 11 is 0. The Hall–Kier alpha value is -2.20. The summed E-state index contributed by atoms with van der Waals surface area (Å²) in [6.07, 6.45) is 5.48. The minimum absolute atomic E-state index is 0.781. The van der Waals surface area contributed by atoms with Gasteiger partial charge in [0.1, 0.15) is 12.1 Å². The molecule has 96 valence electrons. The third-order valence-corrected chi connectivity index (χ3v) is 3.08. The van der Waals surface area contributed by atoms with E-state index in [1.165, 1.54) is 5.39 Å². The van der Waals surface area contributed by atoms with Gasteiger partial charge in [-0.15, -0.1) is 0 Å². The summed E-state index contributed by atoms with van der Waals surface area (Å²) in [5.74, 6) is 0.934. The predicted molar refractivity (Wildman–Crippen MR) is 76.2 cm³/mol. The first-order valence-electron chi connectivity index (χ1n) is 6.46. The fourth-order valence-electron chi connectivity index (χ4n) is 2.16. The van der Waals surface area contributed by atoms with E-state index in [9.17, 15) is 0 Å². The molecule has 0 saturated carbocycles. The highest BCUT2D eigenvalue weighted by Crippen LogP contribution is 2.21. The lowest BCUT2D eigenvalue weighted by Gasteiger charge is -2.10. The number of aromatic nitrogens is 3. The Morgan fingerprint density at radius 3 is 2.95 bits per heavy atom. The zero-order valence-electron chi connectivity index (χ0n) is 10.9. The number of nitrogens with one attached hydrogen (secondary N) is 1. The van der Waals surface area contributed by atoms with Crippen molar-refractivity contribution in [3.05, 3.63) is 54.7 Å². The average molecular weight is 252 g/mol. The van der Waals surface area contributed by atoms with Crippen LogP contribution in [0.4, 0.5) is 0 Å². The van der Waals surface area contributed by atoms with Crippen molar-refractivity contribution in [1.82, 2.24) is 19.9 Å². The molecule has 0 amide bonds. The van der Waals surface area contributed by atoms with Crippen LogP contribution in [0.1, 0.15) is 12.6 Å². The number of benzene rings is 1. The Balaban J connectivity index is 2.17. The minimum atomic E-state index is 0.781. The van der Waals surface area contributed by atoms with Gasteiger partial charge in [-0.3, -0.25) is 4.57 Å². The molecule has 3 aromatic rings. The van der Waals surface area contributed by atoms with Gasteiger partial charge in [-0.2, -0.15) is 0 Å². The van der Waals surface area contributed by atoms with Gasteiger partial charge in [-0.05, 0) is 18.0 Å². The van der Waals surface area contributed by atoms with Gasteiger partial charge in [0, 0.05) is 24.3 Å². The van der Waals surface area contributed by atoms with Crippen LogP contribution in [0, 0.1) is 0 Å². The second-order valence-electron chi connectivity index (χ2n) is 4.41. The molecule has 0 aliphatic carbocycles. The quantitative estimate of drug-likeness (QED) is 0.776. The largest absolute Gasteiger partial charge is 0.311 e. The molecular weight excluding hydrogens is 236 g/mol. The fourth-order valence-corrected chi connectivity index (χ4v) is 2.16. The topological polar surface area (TPSA) is 42.7 Å². The lowest BCUT2D eigenvalue weighted by molar-refractivity contribution is 0.709. The third kappa shape index (κ3) is 2.35. The Morgan fingerprint density at radius 1 is 1.26 bits per heavy atom. The van der Waals surface area contributed by atoms with Crippen molar-refractivity contribution in [2.75, 3.05) is 6.54 Å². The van der Waals surface area contributed by atoms with Gasteiger partial charge < -0.3 is 5.32 Å². The van der Waals surface area contributed by atoms with Crippen LogP contribution in [0.3, 0.4) is 0 Å². The second-order valence-corrected chi connectivity index (χ2v) is 4.41. The molecule has 0 fully saturated rings. The van der Waals surface area contributed by atoms with Crippen molar-refractivity contribution in [1.29, 1.82) is 0 Å². The van der Waals surface area contributed by atoms with Crippen LogP contribution < -0.4 is 5.32 Å². The van der Waals surface area contributed by atoms with Crippen LogP contribution in [0.25, 0.3) is 16.6 Å². The molecule has 0 aliphatic heterocycles. The SMILES string of the molecule is CCNCc1cc2ccccc2c(-n2ccnc2)n1. The van der Waals surface area contributed by atoms with E-state index in [0.717, 1.165) is 30.0 Å². The molecule has 2 aromatic heterocycles. The normalized spacial score (nSPS) is 11.0. The molecule has 0 saturated heterocycles. The van der Waals surface area contributed by atoms with Gasteiger partial charge in [0.25, 0.3) is 0 Å². The molecule has 0 spiro atoms. The van der Waals surface area contributed by atoms with E-state index in [-0.39, 0.29) is 0 Å². The number of imidazole rings is 1. The van der Waals surface area contributed by atoms with E-state index >= 15 is 0 Å². The maximum absolute atomic E-state index is 4.74. The number of pyridine rings is 1. The highest BCUT2D eigenvalue weighted by molar-refractivity contribution is 5.88. The van der Waals surface area contributed by atoms with Crippen molar-refractivity contribution in [3.63, 3.8) is 0 Å². The van der Waals surface area contributed by atoms with Gasteiger partial charge in [-0.25, -0.2) is 9.97 Å². The molecule has 1 aromatic carbocycles. The van der Waals surface area contributed by atoms with Crippen molar-refractivity contribution in [3.8, 4) is 5.82 Å². The molecule has 0 bridgehead atoms. The molecule has 0 radical (unpaired) electrons. The van der Waals surface area contributed by atoms with Crippen molar-refractivity contribution >= 4 is 10.8 Å². The summed E-state index contributed by atoms with van der Waals surface area (Å²) in [7, 11) is 0. The Bertz CT molecular complexity index is 674. The van der Waals surface area contributed by atoms with Gasteiger partial charge in [0.2, 0.25) is 0 Å². The van der Waals surface area contributed by atoms with Gasteiger partial charge in [0.05, 0.1) is 5.69 Å². The zero-order chi connectivity index (χ0) is 13.1. The summed E-state index contributed by atoms with van der Waals surface area (Å²) in [5.41, 5.74) is 1.05. The lowest BCUT2D eigenvalue weighted by atomic mass is 10.1. The molecule has 3 rings (SSSR count). The fraction of sp³-hybridized carbons (Fsp3) is 0.200. The van der Waals surface area contributed by atoms with Crippen LogP contribution in [-0.4, -0.2) is 21.1 Å². The Kier molecular flexibility index (Phi) is 3.25. The first-order chi connectivity index (χ1) is 9.38. The molecule has 1 N–H and O–H groups in total. The number of hydrogen-bond donors (Lipinski definition) is 1. The number of fused-ring (bicyclic) bond motifs is 1.